The van der Waals surface area contributed by atoms with Crippen LogP contribution in [0.25, 0.3) is 98.9 Å². The number of anilines is 3. The van der Waals surface area contributed by atoms with E-state index < -0.39 is 0 Å². The molecule has 0 bridgehead atoms. The Hall–Kier alpha value is -7.31. The molecule has 0 N–H and O–H groups in total. The predicted molar refractivity (Wildman–Crippen MR) is 218 cm³/mol. The van der Waals surface area contributed by atoms with Crippen molar-refractivity contribution in [1.82, 2.24) is 24.1 Å². The van der Waals surface area contributed by atoms with Gasteiger partial charge in [-0.05, 0) is 65.4 Å². The Morgan fingerprint density at radius 3 is 1.81 bits per heavy atom. The minimum Gasteiger partial charge on any atom is -0.305 e. The van der Waals surface area contributed by atoms with Crippen LogP contribution in [0, 0.1) is 0 Å². The molecule has 244 valence electrons. The minimum absolute atomic E-state index is 0.660. The van der Waals surface area contributed by atoms with E-state index in [1.165, 1.54) is 16.2 Å². The number of hydrogen-bond donors (Lipinski definition) is 0. The highest BCUT2D eigenvalue weighted by molar-refractivity contribution is 6.26. The number of para-hydroxylation sites is 4. The highest BCUT2D eigenvalue weighted by Gasteiger charge is 2.34. The van der Waals surface area contributed by atoms with Gasteiger partial charge in [0.1, 0.15) is 0 Å². The van der Waals surface area contributed by atoms with Crippen molar-refractivity contribution in [2.75, 3.05) is 4.90 Å². The molecular weight excluding hydrogens is 649 g/mol. The quantitative estimate of drug-likeness (QED) is 0.171. The average Bonchev–Trinajstić information content (AvgIpc) is 3.74. The van der Waals surface area contributed by atoms with Crippen LogP contribution in [0.2, 0.25) is 0 Å². The van der Waals surface area contributed by atoms with Gasteiger partial charge >= 0.3 is 0 Å². The van der Waals surface area contributed by atoms with Crippen molar-refractivity contribution in [2.45, 2.75) is 0 Å². The number of fused-ring (bicyclic) bond motifs is 11. The Labute approximate surface area is 301 Å². The number of benzene rings is 8. The molecule has 8 aromatic carbocycles. The largest absolute Gasteiger partial charge is 0.305 e. The van der Waals surface area contributed by atoms with Crippen LogP contribution in [-0.2, 0) is 0 Å². The maximum atomic E-state index is 5.32. The van der Waals surface area contributed by atoms with E-state index in [4.69, 9.17) is 15.0 Å². The van der Waals surface area contributed by atoms with Crippen molar-refractivity contribution in [3.05, 3.63) is 158 Å². The van der Waals surface area contributed by atoms with E-state index in [2.05, 4.69) is 172 Å². The molecule has 0 atom stereocenters. The number of rotatable bonds is 2. The summed E-state index contributed by atoms with van der Waals surface area (Å²) in [5.41, 5.74) is 12.7. The van der Waals surface area contributed by atoms with E-state index >= 15 is 0 Å². The molecule has 0 fully saturated rings. The van der Waals surface area contributed by atoms with Crippen molar-refractivity contribution < 1.29 is 0 Å². The van der Waals surface area contributed by atoms with Crippen LogP contribution < -0.4 is 4.90 Å². The summed E-state index contributed by atoms with van der Waals surface area (Å²) in [6.45, 7) is 0. The Balaban J connectivity index is 1.22. The molecule has 0 saturated carbocycles. The fraction of sp³-hybridized carbons (Fsp3) is 0. The second-order valence-electron chi connectivity index (χ2n) is 14.0. The van der Waals surface area contributed by atoms with Crippen LogP contribution >= 0.6 is 0 Å². The first-order valence-corrected chi connectivity index (χ1v) is 18.0. The average molecular weight is 675 g/mol. The Morgan fingerprint density at radius 2 is 1.04 bits per heavy atom. The molecule has 1 aliphatic heterocycles. The van der Waals surface area contributed by atoms with Crippen LogP contribution in [0.15, 0.2) is 158 Å². The van der Waals surface area contributed by atoms with Gasteiger partial charge in [-0.2, -0.15) is 0 Å². The molecule has 13 rings (SSSR count). The van der Waals surface area contributed by atoms with Crippen molar-refractivity contribution in [2.24, 2.45) is 0 Å². The van der Waals surface area contributed by atoms with Gasteiger partial charge in [-0.1, -0.05) is 103 Å². The van der Waals surface area contributed by atoms with E-state index in [-0.39, 0.29) is 0 Å². The lowest BCUT2D eigenvalue weighted by atomic mass is 9.99. The maximum Gasteiger partial charge on any atom is 0.235 e. The van der Waals surface area contributed by atoms with Gasteiger partial charge in [0.2, 0.25) is 5.95 Å². The van der Waals surface area contributed by atoms with Crippen LogP contribution in [0.1, 0.15) is 0 Å². The summed E-state index contributed by atoms with van der Waals surface area (Å²) in [6, 6.07) is 56.3. The molecule has 0 aliphatic carbocycles. The zero-order valence-corrected chi connectivity index (χ0v) is 28.2. The molecule has 6 nitrogen and oxygen atoms in total. The van der Waals surface area contributed by atoms with Crippen molar-refractivity contribution in [3.63, 3.8) is 0 Å². The zero-order chi connectivity index (χ0) is 34.4. The molecule has 53 heavy (non-hydrogen) atoms. The molecular formula is C47H26N6. The monoisotopic (exact) mass is 674 g/mol. The predicted octanol–water partition coefficient (Wildman–Crippen LogP) is 11.9. The molecule has 0 radical (unpaired) electrons. The van der Waals surface area contributed by atoms with E-state index in [1.54, 1.807) is 0 Å². The third-order valence-electron chi connectivity index (χ3n) is 11.3. The molecule has 0 unspecified atom stereocenters. The van der Waals surface area contributed by atoms with Gasteiger partial charge in [-0.25, -0.2) is 15.0 Å². The Bertz CT molecular complexity index is 3460. The summed E-state index contributed by atoms with van der Waals surface area (Å²) in [5, 5.41) is 9.27. The first kappa shape index (κ1) is 27.4. The van der Waals surface area contributed by atoms with Gasteiger partial charge in [0.15, 0.2) is 0 Å². The zero-order valence-electron chi connectivity index (χ0n) is 28.2. The molecule has 0 amide bonds. The molecule has 1 aliphatic rings. The van der Waals surface area contributed by atoms with E-state index in [0.29, 0.717) is 5.95 Å². The summed E-state index contributed by atoms with van der Waals surface area (Å²) >= 11 is 0. The number of pyridine rings is 1. The van der Waals surface area contributed by atoms with Gasteiger partial charge in [-0.15, -0.1) is 0 Å². The van der Waals surface area contributed by atoms with Crippen molar-refractivity contribution >= 4 is 104 Å². The smallest absolute Gasteiger partial charge is 0.235 e. The van der Waals surface area contributed by atoms with Gasteiger partial charge in [-0.3, -0.25) is 4.57 Å². The van der Waals surface area contributed by atoms with Crippen molar-refractivity contribution in [3.8, 4) is 11.6 Å². The van der Waals surface area contributed by atoms with Crippen LogP contribution in [0.3, 0.4) is 0 Å². The fourth-order valence-electron chi connectivity index (χ4n) is 9.22. The molecule has 4 aromatic heterocycles. The Kier molecular flexibility index (Phi) is 5.03. The van der Waals surface area contributed by atoms with E-state index in [9.17, 15) is 0 Å². The topological polar surface area (TPSA) is 51.8 Å². The number of aromatic nitrogens is 5. The molecule has 12 aromatic rings. The van der Waals surface area contributed by atoms with Gasteiger partial charge in [0.05, 0.1) is 61.2 Å². The SMILES string of the molecule is c1ccc(N2c3c(ccc4c3c3ccccc3n4-c3nc4ccc5cccc6ccc(n3)c4c56)-n3c4ccccc4c4nc5ccccc5c2c43)cc1. The third-order valence-corrected chi connectivity index (χ3v) is 11.3. The summed E-state index contributed by atoms with van der Waals surface area (Å²) in [5.74, 6) is 0.660. The maximum absolute atomic E-state index is 5.32. The van der Waals surface area contributed by atoms with Crippen molar-refractivity contribution in [1.29, 1.82) is 0 Å². The van der Waals surface area contributed by atoms with Crippen LogP contribution in [0.4, 0.5) is 17.1 Å². The molecule has 0 spiro atoms. The molecule has 6 heteroatoms. The van der Waals surface area contributed by atoms with Gasteiger partial charge in [0, 0.05) is 38.0 Å². The molecule has 5 heterocycles. The standard InChI is InChI=1S/C47H26N6/c1-2-13-29(14-3-1)51-44-30-15-4-7-18-33(30)48-43-32-17-6-9-20-37(32)52(46(43)44)39-26-25-38-41(45(39)51)31-16-5-8-19-36(31)53(38)47-49-34-23-21-27-11-10-12-28-22-24-35(50-47)42(34)40(27)28/h1-26H. The lowest BCUT2D eigenvalue weighted by Gasteiger charge is -2.34. The lowest BCUT2D eigenvalue weighted by molar-refractivity contribution is 1.02. The number of hydrogen-bond acceptors (Lipinski definition) is 4. The summed E-state index contributed by atoms with van der Waals surface area (Å²) < 4.78 is 4.69. The fourth-order valence-corrected chi connectivity index (χ4v) is 9.22. The first-order valence-electron chi connectivity index (χ1n) is 18.0. The normalized spacial score (nSPS) is 12.9. The molecule has 0 saturated heterocycles. The number of nitrogens with zero attached hydrogens (tertiary/aromatic N) is 6. The highest BCUT2D eigenvalue weighted by atomic mass is 15.2. The second-order valence-corrected chi connectivity index (χ2v) is 14.0. The van der Waals surface area contributed by atoms with Crippen LogP contribution in [0.5, 0.6) is 0 Å². The summed E-state index contributed by atoms with van der Waals surface area (Å²) in [7, 11) is 0. The highest BCUT2D eigenvalue weighted by Crippen LogP contribution is 2.55. The summed E-state index contributed by atoms with van der Waals surface area (Å²) in [4.78, 5) is 18.4. The lowest BCUT2D eigenvalue weighted by Crippen LogP contribution is -2.19. The minimum atomic E-state index is 0.660. The van der Waals surface area contributed by atoms with Gasteiger partial charge in [0.25, 0.3) is 0 Å². The Morgan fingerprint density at radius 1 is 0.377 bits per heavy atom. The van der Waals surface area contributed by atoms with E-state index in [1.807, 2.05) is 0 Å². The third kappa shape index (κ3) is 3.40. The van der Waals surface area contributed by atoms with Crippen LogP contribution in [-0.4, -0.2) is 24.1 Å². The van der Waals surface area contributed by atoms with E-state index in [0.717, 1.165) is 93.8 Å². The van der Waals surface area contributed by atoms with Gasteiger partial charge < -0.3 is 9.47 Å². The first-order chi connectivity index (χ1) is 26.3. The summed E-state index contributed by atoms with van der Waals surface area (Å²) in [6.07, 6.45) is 0. The second kappa shape index (κ2) is 9.72.